The Bertz CT molecular complexity index is 967. The Kier molecular flexibility index (Phi) is 4.93. The number of carbonyl (C=O) groups excluding carboxylic acids is 1. The minimum atomic E-state index is -0.284. The molecule has 0 spiro atoms. The molecule has 3 heterocycles. The summed E-state index contributed by atoms with van der Waals surface area (Å²) in [5, 5.41) is 4.78. The van der Waals surface area contributed by atoms with Crippen molar-refractivity contribution in [1.29, 1.82) is 0 Å². The summed E-state index contributed by atoms with van der Waals surface area (Å²) < 4.78 is 18.7. The number of methoxy groups -OCH3 is 1. The van der Waals surface area contributed by atoms with E-state index in [1.165, 1.54) is 17.6 Å². The molecular weight excluding hydrogens is 368 g/mol. The van der Waals surface area contributed by atoms with Crippen molar-refractivity contribution in [2.75, 3.05) is 31.8 Å². The van der Waals surface area contributed by atoms with E-state index in [9.17, 15) is 4.79 Å². The average Bonchev–Trinajstić information content (AvgIpc) is 3.37. The zero-order valence-electron chi connectivity index (χ0n) is 14.7. The van der Waals surface area contributed by atoms with Crippen molar-refractivity contribution in [2.24, 2.45) is 0 Å². The molecule has 0 radical (unpaired) electrons. The van der Waals surface area contributed by atoms with Crippen LogP contribution in [0.5, 0.6) is 5.75 Å². The third-order valence-electron chi connectivity index (χ3n) is 4.03. The molecule has 1 aliphatic rings. The number of nitrogens with zero attached hydrogens (tertiary/aromatic N) is 4. The number of hydrogen-bond donors (Lipinski definition) is 0. The molecule has 0 atom stereocenters. The van der Waals surface area contributed by atoms with E-state index < -0.39 is 0 Å². The van der Waals surface area contributed by atoms with Crippen LogP contribution in [0.15, 0.2) is 48.7 Å². The summed E-state index contributed by atoms with van der Waals surface area (Å²) >= 11 is 1.43. The van der Waals surface area contributed by atoms with Gasteiger partial charge in [-0.1, -0.05) is 11.3 Å². The predicted molar refractivity (Wildman–Crippen MR) is 101 cm³/mol. The number of anilines is 1. The third-order valence-corrected chi connectivity index (χ3v) is 5.07. The molecule has 0 saturated heterocycles. The van der Waals surface area contributed by atoms with Crippen molar-refractivity contribution in [3.8, 4) is 5.75 Å². The number of amides is 1. The topological polar surface area (TPSA) is 78.7 Å². The minimum absolute atomic E-state index is 0.179. The van der Waals surface area contributed by atoms with Gasteiger partial charge in [-0.05, 0) is 24.3 Å². The Morgan fingerprint density at radius 1 is 1.41 bits per heavy atom. The highest BCUT2D eigenvalue weighted by molar-refractivity contribution is 7.22. The molecule has 2 aromatic heterocycles. The SMILES string of the molecule is COc1ccc2nc(N(CCn3cccn3)C(=O)C3=COCCO3)sc2c1. The highest BCUT2D eigenvalue weighted by Gasteiger charge is 2.26. The molecule has 0 N–H and O–H groups in total. The summed E-state index contributed by atoms with van der Waals surface area (Å²) in [5.74, 6) is 0.644. The highest BCUT2D eigenvalue weighted by atomic mass is 32.1. The molecule has 0 aliphatic carbocycles. The summed E-state index contributed by atoms with van der Waals surface area (Å²) in [6.45, 7) is 1.72. The second-order valence-electron chi connectivity index (χ2n) is 5.76. The Morgan fingerprint density at radius 2 is 2.33 bits per heavy atom. The largest absolute Gasteiger partial charge is 0.497 e. The van der Waals surface area contributed by atoms with Crippen LogP contribution >= 0.6 is 11.3 Å². The van der Waals surface area contributed by atoms with Crippen LogP contribution < -0.4 is 9.64 Å². The van der Waals surface area contributed by atoms with Gasteiger partial charge in [0.1, 0.15) is 25.2 Å². The fourth-order valence-electron chi connectivity index (χ4n) is 2.67. The number of hydrogen-bond acceptors (Lipinski definition) is 7. The second kappa shape index (κ2) is 7.67. The van der Waals surface area contributed by atoms with Crippen LogP contribution in [0.2, 0.25) is 0 Å². The molecule has 1 aliphatic heterocycles. The summed E-state index contributed by atoms with van der Waals surface area (Å²) in [5.41, 5.74) is 0.808. The summed E-state index contributed by atoms with van der Waals surface area (Å²) in [6.07, 6.45) is 4.92. The monoisotopic (exact) mass is 386 g/mol. The van der Waals surface area contributed by atoms with E-state index in [-0.39, 0.29) is 11.7 Å². The standard InChI is InChI=1S/C18H18N4O4S/c1-24-13-3-4-14-16(11-13)27-18(20-14)22(8-7-21-6-2-5-19-21)17(23)15-12-25-9-10-26-15/h2-6,11-12H,7-10H2,1H3. The molecule has 3 aromatic rings. The zero-order chi connectivity index (χ0) is 18.6. The highest BCUT2D eigenvalue weighted by Crippen LogP contribution is 2.32. The van der Waals surface area contributed by atoms with Crippen molar-refractivity contribution in [3.63, 3.8) is 0 Å². The molecule has 140 valence electrons. The van der Waals surface area contributed by atoms with Gasteiger partial charge in [0.25, 0.3) is 5.91 Å². The maximum absolute atomic E-state index is 13.0. The lowest BCUT2D eigenvalue weighted by atomic mass is 10.3. The van der Waals surface area contributed by atoms with Crippen LogP contribution in [0, 0.1) is 0 Å². The second-order valence-corrected chi connectivity index (χ2v) is 6.77. The first-order valence-electron chi connectivity index (χ1n) is 8.43. The number of fused-ring (bicyclic) bond motifs is 1. The van der Waals surface area contributed by atoms with Crippen LogP contribution in [-0.4, -0.2) is 47.5 Å². The van der Waals surface area contributed by atoms with E-state index in [1.807, 2.05) is 30.5 Å². The molecule has 4 rings (SSSR count). The first-order chi connectivity index (χ1) is 13.2. The van der Waals surface area contributed by atoms with Crippen molar-refractivity contribution >= 4 is 32.6 Å². The number of rotatable bonds is 6. The molecule has 0 saturated carbocycles. The van der Waals surface area contributed by atoms with Gasteiger partial charge in [0.2, 0.25) is 5.76 Å². The molecule has 9 heteroatoms. The van der Waals surface area contributed by atoms with E-state index in [0.29, 0.717) is 31.4 Å². The lowest BCUT2D eigenvalue weighted by Gasteiger charge is -2.22. The summed E-state index contributed by atoms with van der Waals surface area (Å²) in [6, 6.07) is 7.48. The maximum atomic E-state index is 13.0. The first-order valence-corrected chi connectivity index (χ1v) is 9.25. The molecular formula is C18H18N4O4S. The Balaban J connectivity index is 1.65. The molecule has 0 fully saturated rings. The Labute approximate surface area is 159 Å². The fourth-order valence-corrected chi connectivity index (χ4v) is 3.69. The zero-order valence-corrected chi connectivity index (χ0v) is 15.5. The van der Waals surface area contributed by atoms with Crippen molar-refractivity contribution in [1.82, 2.24) is 14.8 Å². The van der Waals surface area contributed by atoms with Gasteiger partial charge in [-0.15, -0.1) is 0 Å². The van der Waals surface area contributed by atoms with Gasteiger partial charge < -0.3 is 14.2 Å². The van der Waals surface area contributed by atoms with E-state index in [2.05, 4.69) is 10.1 Å². The quantitative estimate of drug-likeness (QED) is 0.647. The van der Waals surface area contributed by atoms with Gasteiger partial charge >= 0.3 is 0 Å². The Hall–Kier alpha value is -3.07. The van der Waals surface area contributed by atoms with Crippen LogP contribution in [0.1, 0.15) is 0 Å². The molecule has 1 aromatic carbocycles. The normalized spacial score (nSPS) is 13.6. The van der Waals surface area contributed by atoms with Crippen LogP contribution in [0.3, 0.4) is 0 Å². The van der Waals surface area contributed by atoms with Crippen molar-refractivity contribution < 1.29 is 19.0 Å². The summed E-state index contributed by atoms with van der Waals surface area (Å²) in [4.78, 5) is 19.2. The predicted octanol–water partition coefficient (Wildman–Crippen LogP) is 2.42. The lowest BCUT2D eigenvalue weighted by Crippen LogP contribution is -2.36. The number of thiazole rings is 1. The Morgan fingerprint density at radius 3 is 3.07 bits per heavy atom. The number of ether oxygens (including phenoxy) is 3. The van der Waals surface area contributed by atoms with Crippen LogP contribution in [0.25, 0.3) is 10.2 Å². The van der Waals surface area contributed by atoms with E-state index in [4.69, 9.17) is 14.2 Å². The third kappa shape index (κ3) is 3.72. The first kappa shape index (κ1) is 17.3. The van der Waals surface area contributed by atoms with Crippen molar-refractivity contribution in [3.05, 3.63) is 48.7 Å². The van der Waals surface area contributed by atoms with Crippen LogP contribution in [0.4, 0.5) is 5.13 Å². The summed E-state index contributed by atoms with van der Waals surface area (Å²) in [7, 11) is 1.62. The molecule has 0 unspecified atom stereocenters. The lowest BCUT2D eigenvalue weighted by molar-refractivity contribution is -0.119. The van der Waals surface area contributed by atoms with Gasteiger partial charge in [-0.25, -0.2) is 4.98 Å². The fraction of sp³-hybridized carbons (Fsp3) is 0.278. The smallest absolute Gasteiger partial charge is 0.298 e. The number of benzene rings is 1. The van der Waals surface area contributed by atoms with E-state index >= 15 is 0 Å². The van der Waals surface area contributed by atoms with E-state index in [1.54, 1.807) is 22.9 Å². The molecule has 0 bridgehead atoms. The molecule has 8 nitrogen and oxygen atoms in total. The average molecular weight is 386 g/mol. The van der Waals surface area contributed by atoms with Gasteiger partial charge in [-0.2, -0.15) is 5.10 Å². The minimum Gasteiger partial charge on any atom is -0.497 e. The van der Waals surface area contributed by atoms with Crippen LogP contribution in [-0.2, 0) is 20.8 Å². The van der Waals surface area contributed by atoms with Gasteiger partial charge in [-0.3, -0.25) is 14.4 Å². The molecule has 27 heavy (non-hydrogen) atoms. The number of aromatic nitrogens is 3. The van der Waals surface area contributed by atoms with E-state index in [0.717, 1.165) is 16.0 Å². The van der Waals surface area contributed by atoms with Gasteiger partial charge in [0.05, 0.1) is 23.9 Å². The van der Waals surface area contributed by atoms with Gasteiger partial charge in [0, 0.05) is 18.9 Å². The van der Waals surface area contributed by atoms with Crippen molar-refractivity contribution in [2.45, 2.75) is 6.54 Å². The molecule has 1 amide bonds. The maximum Gasteiger partial charge on any atom is 0.298 e. The van der Waals surface area contributed by atoms with Gasteiger partial charge in [0.15, 0.2) is 5.13 Å². The number of carbonyl (C=O) groups is 1.